The van der Waals surface area contributed by atoms with E-state index in [0.29, 0.717) is 24.5 Å². The second-order valence-electron chi connectivity index (χ2n) is 8.90. The van der Waals surface area contributed by atoms with Crippen molar-refractivity contribution in [3.8, 4) is 0 Å². The maximum atomic E-state index is 4.83. The molecule has 2 aliphatic heterocycles. The quantitative estimate of drug-likeness (QED) is 0.334. The van der Waals surface area contributed by atoms with Crippen LogP contribution in [-0.4, -0.2) is 60.7 Å². The molecule has 30 heavy (non-hydrogen) atoms. The van der Waals surface area contributed by atoms with Gasteiger partial charge in [-0.05, 0) is 51.2 Å². The Morgan fingerprint density at radius 3 is 2.47 bits per heavy atom. The van der Waals surface area contributed by atoms with Gasteiger partial charge in [-0.3, -0.25) is 4.90 Å². The molecule has 1 aromatic heterocycles. The van der Waals surface area contributed by atoms with Gasteiger partial charge in [0.25, 0.3) is 0 Å². The Kier molecular flexibility index (Phi) is 10.6. The highest BCUT2D eigenvalue weighted by atomic mass is 127. The molecule has 1 aromatic rings. The van der Waals surface area contributed by atoms with Crippen molar-refractivity contribution in [2.24, 2.45) is 10.9 Å². The van der Waals surface area contributed by atoms with Gasteiger partial charge in [0.1, 0.15) is 5.82 Å². The molecule has 3 rings (SSSR count). The number of aromatic nitrogens is 1. The van der Waals surface area contributed by atoms with Crippen molar-refractivity contribution in [1.29, 1.82) is 0 Å². The molecule has 2 saturated heterocycles. The minimum absolute atomic E-state index is 0. The summed E-state index contributed by atoms with van der Waals surface area (Å²) >= 11 is 0. The average molecular weight is 529 g/mol. The lowest BCUT2D eigenvalue weighted by atomic mass is 10.1. The molecule has 0 amide bonds. The van der Waals surface area contributed by atoms with Crippen molar-refractivity contribution >= 4 is 35.8 Å². The third-order valence-corrected chi connectivity index (χ3v) is 6.20. The van der Waals surface area contributed by atoms with Crippen LogP contribution in [-0.2, 0) is 6.54 Å². The third kappa shape index (κ3) is 7.25. The van der Waals surface area contributed by atoms with Gasteiger partial charge in [0.2, 0.25) is 0 Å². The number of halogens is 1. The fourth-order valence-corrected chi connectivity index (χ4v) is 4.28. The Morgan fingerprint density at radius 1 is 1.17 bits per heavy atom. The summed E-state index contributed by atoms with van der Waals surface area (Å²) in [6.45, 7) is 15.0. The van der Waals surface area contributed by atoms with E-state index < -0.39 is 0 Å². The van der Waals surface area contributed by atoms with Crippen molar-refractivity contribution in [2.75, 3.05) is 37.6 Å². The largest absolute Gasteiger partial charge is 0.357 e. The number of nitrogens with one attached hydrogen (secondary N) is 2. The first-order chi connectivity index (χ1) is 14.1. The van der Waals surface area contributed by atoms with Gasteiger partial charge >= 0.3 is 0 Å². The minimum atomic E-state index is 0. The number of nitrogens with zero attached hydrogens (tertiary/aromatic N) is 4. The van der Waals surface area contributed by atoms with Crippen molar-refractivity contribution in [3.63, 3.8) is 0 Å². The van der Waals surface area contributed by atoms with Gasteiger partial charge in [-0.1, -0.05) is 25.8 Å². The molecule has 2 aliphatic rings. The molecule has 2 unspecified atom stereocenters. The summed E-state index contributed by atoms with van der Waals surface area (Å²) in [5.74, 6) is 2.64. The van der Waals surface area contributed by atoms with E-state index in [4.69, 9.17) is 9.98 Å². The number of guanidine groups is 1. The van der Waals surface area contributed by atoms with Crippen LogP contribution in [0.2, 0.25) is 0 Å². The Bertz CT molecular complexity index is 640. The fraction of sp³-hybridized carbons (Fsp3) is 0.739. The molecule has 0 aromatic carbocycles. The van der Waals surface area contributed by atoms with Crippen LogP contribution in [0.4, 0.5) is 5.82 Å². The standard InChI is InChI=1S/C23H40N6.HI/c1-5-24-23(27-21-17-29(18(2)3)16-19(21)4)26-15-20-10-11-22(25-14-20)28-12-8-6-7-9-13-28;/h10-11,14,18-19,21H,5-9,12-13,15-17H2,1-4H3,(H2,24,26,27);1H. The van der Waals surface area contributed by atoms with Crippen LogP contribution in [0, 0.1) is 5.92 Å². The zero-order chi connectivity index (χ0) is 20.6. The highest BCUT2D eigenvalue weighted by Gasteiger charge is 2.31. The molecule has 0 bridgehead atoms. The lowest BCUT2D eigenvalue weighted by Gasteiger charge is -2.22. The van der Waals surface area contributed by atoms with Gasteiger partial charge in [0.05, 0.1) is 6.54 Å². The molecular formula is C23H41IN6. The molecule has 0 radical (unpaired) electrons. The van der Waals surface area contributed by atoms with Crippen molar-refractivity contribution in [1.82, 2.24) is 20.5 Å². The summed E-state index contributed by atoms with van der Waals surface area (Å²) < 4.78 is 0. The van der Waals surface area contributed by atoms with Gasteiger partial charge in [-0.25, -0.2) is 9.98 Å². The second kappa shape index (κ2) is 12.7. The van der Waals surface area contributed by atoms with E-state index in [2.05, 4.69) is 60.3 Å². The summed E-state index contributed by atoms with van der Waals surface area (Å²) in [5.41, 5.74) is 1.16. The SMILES string of the molecule is CCNC(=NCc1ccc(N2CCCCCC2)nc1)NC1CN(C(C)C)CC1C.I. The first-order valence-corrected chi connectivity index (χ1v) is 11.6. The van der Waals surface area contributed by atoms with Gasteiger partial charge in [0.15, 0.2) is 5.96 Å². The van der Waals surface area contributed by atoms with Crippen molar-refractivity contribution in [3.05, 3.63) is 23.9 Å². The van der Waals surface area contributed by atoms with Crippen molar-refractivity contribution < 1.29 is 0 Å². The van der Waals surface area contributed by atoms with Crippen LogP contribution in [0.3, 0.4) is 0 Å². The lowest BCUT2D eigenvalue weighted by molar-refractivity contribution is 0.265. The highest BCUT2D eigenvalue weighted by Crippen LogP contribution is 2.19. The van der Waals surface area contributed by atoms with Crippen LogP contribution in [0.15, 0.2) is 23.3 Å². The molecule has 2 N–H and O–H groups in total. The number of pyridine rings is 1. The van der Waals surface area contributed by atoms with E-state index in [-0.39, 0.29) is 24.0 Å². The number of rotatable bonds is 6. The molecule has 0 spiro atoms. The second-order valence-corrected chi connectivity index (χ2v) is 8.90. The van der Waals surface area contributed by atoms with Gasteiger partial charge in [-0.15, -0.1) is 24.0 Å². The molecule has 0 saturated carbocycles. The van der Waals surface area contributed by atoms with E-state index in [1.807, 2.05) is 6.20 Å². The van der Waals surface area contributed by atoms with Crippen LogP contribution >= 0.6 is 24.0 Å². The van der Waals surface area contributed by atoms with Gasteiger partial charge < -0.3 is 15.5 Å². The molecule has 170 valence electrons. The zero-order valence-electron chi connectivity index (χ0n) is 19.2. The molecular weight excluding hydrogens is 487 g/mol. The van der Waals surface area contributed by atoms with Crippen molar-refractivity contribution in [2.45, 2.75) is 72.0 Å². The minimum Gasteiger partial charge on any atom is -0.357 e. The smallest absolute Gasteiger partial charge is 0.191 e. The molecule has 2 atom stereocenters. The Balaban J connectivity index is 0.00000320. The lowest BCUT2D eigenvalue weighted by Crippen LogP contribution is -2.46. The van der Waals surface area contributed by atoms with Crippen LogP contribution in [0.5, 0.6) is 0 Å². The van der Waals surface area contributed by atoms with E-state index in [9.17, 15) is 0 Å². The summed E-state index contributed by atoms with van der Waals surface area (Å²) in [7, 11) is 0. The first-order valence-electron chi connectivity index (χ1n) is 11.6. The molecule has 3 heterocycles. The fourth-order valence-electron chi connectivity index (χ4n) is 4.28. The number of anilines is 1. The zero-order valence-corrected chi connectivity index (χ0v) is 21.6. The Hall–Kier alpha value is -1.09. The topological polar surface area (TPSA) is 55.8 Å². The Labute approximate surface area is 200 Å². The first kappa shape index (κ1) is 25.2. The Morgan fingerprint density at radius 2 is 1.90 bits per heavy atom. The van der Waals surface area contributed by atoms with Gasteiger partial charge in [0, 0.05) is 51.0 Å². The molecule has 2 fully saturated rings. The summed E-state index contributed by atoms with van der Waals surface area (Å²) in [6, 6.07) is 5.38. The number of hydrogen-bond acceptors (Lipinski definition) is 4. The summed E-state index contributed by atoms with van der Waals surface area (Å²) in [5, 5.41) is 7.07. The van der Waals surface area contributed by atoms with Gasteiger partial charge in [-0.2, -0.15) is 0 Å². The monoisotopic (exact) mass is 528 g/mol. The van der Waals surface area contributed by atoms with Crippen LogP contribution in [0.25, 0.3) is 0 Å². The number of aliphatic imine (C=N–C) groups is 1. The van der Waals surface area contributed by atoms with Crippen LogP contribution in [0.1, 0.15) is 58.9 Å². The van der Waals surface area contributed by atoms with E-state index in [1.165, 1.54) is 25.7 Å². The predicted octanol–water partition coefficient (Wildman–Crippen LogP) is 3.86. The molecule has 6 nitrogen and oxygen atoms in total. The maximum absolute atomic E-state index is 4.83. The number of hydrogen-bond donors (Lipinski definition) is 2. The van der Waals surface area contributed by atoms with E-state index in [0.717, 1.165) is 50.1 Å². The van der Waals surface area contributed by atoms with E-state index in [1.54, 1.807) is 0 Å². The molecule has 0 aliphatic carbocycles. The van der Waals surface area contributed by atoms with Crippen LogP contribution < -0.4 is 15.5 Å². The van der Waals surface area contributed by atoms with E-state index >= 15 is 0 Å². The summed E-state index contributed by atoms with van der Waals surface area (Å²) in [4.78, 5) is 14.5. The number of likely N-dealkylation sites (tertiary alicyclic amines) is 1. The predicted molar refractivity (Wildman–Crippen MR) is 138 cm³/mol. The highest BCUT2D eigenvalue weighted by molar-refractivity contribution is 14.0. The average Bonchev–Trinajstić information content (AvgIpc) is 2.92. The third-order valence-electron chi connectivity index (χ3n) is 6.20. The summed E-state index contributed by atoms with van der Waals surface area (Å²) in [6.07, 6.45) is 7.24. The normalized spacial score (nSPS) is 23.2. The molecule has 7 heteroatoms. The maximum Gasteiger partial charge on any atom is 0.191 e.